The van der Waals surface area contributed by atoms with Crippen molar-refractivity contribution < 1.29 is 9.84 Å². The molecule has 0 aliphatic carbocycles. The van der Waals surface area contributed by atoms with Crippen LogP contribution in [0.3, 0.4) is 0 Å². The van der Waals surface area contributed by atoms with E-state index in [2.05, 4.69) is 15.9 Å². The molecule has 0 unspecified atom stereocenters. The highest BCUT2D eigenvalue weighted by Gasteiger charge is 2.07. The lowest BCUT2D eigenvalue weighted by atomic mass is 10.2. The minimum absolute atomic E-state index is 0.0462. The van der Waals surface area contributed by atoms with Gasteiger partial charge in [0, 0.05) is 10.6 Å². The molecule has 0 amide bonds. The van der Waals surface area contributed by atoms with E-state index < -0.39 is 0 Å². The molecule has 0 heterocycles. The van der Waals surface area contributed by atoms with E-state index in [1.54, 1.807) is 0 Å². The molecule has 0 aromatic heterocycles. The average molecular weight is 328 g/mol. The van der Waals surface area contributed by atoms with E-state index in [1.165, 1.54) is 0 Å². The molecule has 2 aromatic rings. The fraction of sp³-hybridized carbons (Fsp3) is 0.143. The van der Waals surface area contributed by atoms with Crippen molar-refractivity contribution in [3.05, 3.63) is 63.1 Å². The monoisotopic (exact) mass is 326 g/mol. The van der Waals surface area contributed by atoms with Crippen LogP contribution in [0, 0.1) is 0 Å². The molecule has 0 fully saturated rings. The summed E-state index contributed by atoms with van der Waals surface area (Å²) in [7, 11) is 0. The largest absolute Gasteiger partial charge is 0.487 e. The van der Waals surface area contributed by atoms with Crippen molar-refractivity contribution in [1.29, 1.82) is 0 Å². The summed E-state index contributed by atoms with van der Waals surface area (Å²) in [4.78, 5) is 0. The standard InChI is InChI=1S/C14H12BrClO2/c15-13-3-1-2-11(8-17)14(13)18-9-10-4-6-12(16)7-5-10/h1-7,17H,8-9H2. The SMILES string of the molecule is OCc1cccc(Br)c1OCc1ccc(Cl)cc1. The van der Waals surface area contributed by atoms with Crippen LogP contribution in [0.5, 0.6) is 5.75 Å². The fourth-order valence-electron chi connectivity index (χ4n) is 1.58. The number of hydrogen-bond donors (Lipinski definition) is 1. The molecule has 0 aliphatic rings. The Balaban J connectivity index is 2.12. The van der Waals surface area contributed by atoms with Crippen LogP contribution in [-0.4, -0.2) is 5.11 Å². The van der Waals surface area contributed by atoms with Crippen LogP contribution in [0.2, 0.25) is 5.02 Å². The van der Waals surface area contributed by atoms with Crippen LogP contribution < -0.4 is 4.74 Å². The summed E-state index contributed by atoms with van der Waals surface area (Å²) in [5.41, 5.74) is 1.79. The zero-order chi connectivity index (χ0) is 13.0. The number of halogens is 2. The maximum absolute atomic E-state index is 9.26. The summed E-state index contributed by atoms with van der Waals surface area (Å²) >= 11 is 9.24. The second-order valence-corrected chi connectivity index (χ2v) is 5.09. The Bertz CT molecular complexity index is 526. The van der Waals surface area contributed by atoms with E-state index in [4.69, 9.17) is 16.3 Å². The third-order valence-electron chi connectivity index (χ3n) is 2.52. The quantitative estimate of drug-likeness (QED) is 0.913. The number of hydrogen-bond acceptors (Lipinski definition) is 2. The van der Waals surface area contributed by atoms with Crippen LogP contribution in [0.4, 0.5) is 0 Å². The van der Waals surface area contributed by atoms with Gasteiger partial charge in [0.15, 0.2) is 0 Å². The second kappa shape index (κ2) is 6.23. The van der Waals surface area contributed by atoms with Gasteiger partial charge in [-0.25, -0.2) is 0 Å². The van der Waals surface area contributed by atoms with Crippen molar-refractivity contribution in [3.8, 4) is 5.75 Å². The number of para-hydroxylation sites is 1. The lowest BCUT2D eigenvalue weighted by Crippen LogP contribution is -1.99. The predicted octanol–water partition coefficient (Wildman–Crippen LogP) is 4.17. The smallest absolute Gasteiger partial charge is 0.139 e. The van der Waals surface area contributed by atoms with E-state index in [1.807, 2.05) is 42.5 Å². The van der Waals surface area contributed by atoms with Gasteiger partial charge < -0.3 is 9.84 Å². The maximum Gasteiger partial charge on any atom is 0.139 e. The average Bonchev–Trinajstić information content (AvgIpc) is 2.39. The van der Waals surface area contributed by atoms with E-state index in [9.17, 15) is 5.11 Å². The van der Waals surface area contributed by atoms with E-state index in [-0.39, 0.29) is 6.61 Å². The molecular weight excluding hydrogens is 316 g/mol. The molecule has 4 heteroatoms. The molecule has 1 N–H and O–H groups in total. The van der Waals surface area contributed by atoms with Crippen molar-refractivity contribution in [3.63, 3.8) is 0 Å². The zero-order valence-corrected chi connectivity index (χ0v) is 11.9. The first-order valence-corrected chi connectivity index (χ1v) is 6.63. The van der Waals surface area contributed by atoms with Crippen LogP contribution in [0.25, 0.3) is 0 Å². The van der Waals surface area contributed by atoms with Gasteiger partial charge in [0.05, 0.1) is 11.1 Å². The lowest BCUT2D eigenvalue weighted by Gasteiger charge is -2.12. The Labute approximate surface area is 119 Å². The molecular formula is C14H12BrClO2. The minimum atomic E-state index is -0.0462. The molecule has 0 bridgehead atoms. The molecule has 0 saturated carbocycles. The molecule has 2 rings (SSSR count). The van der Waals surface area contributed by atoms with Crippen LogP contribution in [0.15, 0.2) is 46.9 Å². The Hall–Kier alpha value is -1.03. The van der Waals surface area contributed by atoms with Crippen LogP contribution >= 0.6 is 27.5 Å². The van der Waals surface area contributed by atoms with E-state index >= 15 is 0 Å². The lowest BCUT2D eigenvalue weighted by molar-refractivity contribution is 0.258. The number of rotatable bonds is 4. The third kappa shape index (κ3) is 3.25. The molecule has 0 radical (unpaired) electrons. The zero-order valence-electron chi connectivity index (χ0n) is 9.57. The predicted molar refractivity (Wildman–Crippen MR) is 75.8 cm³/mol. The molecule has 2 nitrogen and oxygen atoms in total. The summed E-state index contributed by atoms with van der Waals surface area (Å²) in [6.07, 6.45) is 0. The summed E-state index contributed by atoms with van der Waals surface area (Å²) < 4.78 is 6.57. The van der Waals surface area contributed by atoms with Gasteiger partial charge in [-0.15, -0.1) is 0 Å². The molecule has 0 saturated heterocycles. The Morgan fingerprint density at radius 1 is 1.11 bits per heavy atom. The van der Waals surface area contributed by atoms with Crippen molar-refractivity contribution in [2.45, 2.75) is 13.2 Å². The normalized spacial score (nSPS) is 10.4. The highest BCUT2D eigenvalue weighted by molar-refractivity contribution is 9.10. The van der Waals surface area contributed by atoms with Gasteiger partial charge >= 0.3 is 0 Å². The fourth-order valence-corrected chi connectivity index (χ4v) is 2.22. The van der Waals surface area contributed by atoms with Crippen molar-refractivity contribution in [1.82, 2.24) is 0 Å². The highest BCUT2D eigenvalue weighted by atomic mass is 79.9. The Morgan fingerprint density at radius 3 is 2.50 bits per heavy atom. The molecule has 94 valence electrons. The van der Waals surface area contributed by atoms with Gasteiger partial charge in [0.25, 0.3) is 0 Å². The summed E-state index contributed by atoms with van der Waals surface area (Å²) in [5.74, 6) is 0.676. The van der Waals surface area contributed by atoms with Gasteiger partial charge in [-0.05, 0) is 39.7 Å². The second-order valence-electron chi connectivity index (χ2n) is 3.80. The Kier molecular flexibility index (Phi) is 4.64. The number of benzene rings is 2. The van der Waals surface area contributed by atoms with Crippen molar-refractivity contribution >= 4 is 27.5 Å². The first-order chi connectivity index (χ1) is 8.70. The van der Waals surface area contributed by atoms with Gasteiger partial charge in [-0.2, -0.15) is 0 Å². The van der Waals surface area contributed by atoms with E-state index in [0.29, 0.717) is 17.4 Å². The maximum atomic E-state index is 9.26. The summed E-state index contributed by atoms with van der Waals surface area (Å²) in [6, 6.07) is 13.1. The first-order valence-electron chi connectivity index (χ1n) is 5.46. The number of ether oxygens (including phenoxy) is 1. The van der Waals surface area contributed by atoms with Gasteiger partial charge in [0.2, 0.25) is 0 Å². The van der Waals surface area contributed by atoms with Crippen molar-refractivity contribution in [2.24, 2.45) is 0 Å². The Morgan fingerprint density at radius 2 is 1.83 bits per heavy atom. The molecule has 0 atom stereocenters. The van der Waals surface area contributed by atoms with Crippen LogP contribution in [0.1, 0.15) is 11.1 Å². The first kappa shape index (κ1) is 13.4. The van der Waals surface area contributed by atoms with Crippen molar-refractivity contribution in [2.75, 3.05) is 0 Å². The molecule has 0 aliphatic heterocycles. The topological polar surface area (TPSA) is 29.5 Å². The van der Waals surface area contributed by atoms with Gasteiger partial charge in [-0.1, -0.05) is 35.9 Å². The summed E-state index contributed by atoms with van der Waals surface area (Å²) in [6.45, 7) is 0.391. The molecule has 2 aromatic carbocycles. The van der Waals surface area contributed by atoms with Crippen LogP contribution in [-0.2, 0) is 13.2 Å². The van der Waals surface area contributed by atoms with Gasteiger partial charge in [0.1, 0.15) is 12.4 Å². The molecule has 0 spiro atoms. The van der Waals surface area contributed by atoms with E-state index in [0.717, 1.165) is 15.6 Å². The highest BCUT2D eigenvalue weighted by Crippen LogP contribution is 2.29. The minimum Gasteiger partial charge on any atom is -0.487 e. The summed E-state index contributed by atoms with van der Waals surface area (Å²) in [5, 5.41) is 9.96. The van der Waals surface area contributed by atoms with Gasteiger partial charge in [-0.3, -0.25) is 0 Å². The third-order valence-corrected chi connectivity index (χ3v) is 3.39. The number of aliphatic hydroxyl groups is 1. The molecule has 18 heavy (non-hydrogen) atoms. The number of aliphatic hydroxyl groups excluding tert-OH is 1.